The second kappa shape index (κ2) is 8.99. The first-order valence-electron chi connectivity index (χ1n) is 9.06. The largest absolute Gasteiger partial charge is 0.357 e. The molecular weight excluding hydrogens is 446 g/mol. The minimum absolute atomic E-state index is 0.0107. The molecule has 1 fully saturated rings. The number of carbonyl (C=O) groups is 1. The molecule has 0 bridgehead atoms. The fraction of sp³-hybridized carbons (Fsp3) is 0.211. The quantitative estimate of drug-likeness (QED) is 0.271. The van der Waals surface area contributed by atoms with Crippen LogP contribution >= 0.6 is 34.7 Å². The molecule has 0 spiro atoms. The Kier molecular flexibility index (Phi) is 6.16. The van der Waals surface area contributed by atoms with E-state index in [2.05, 4.69) is 20.8 Å². The zero-order valence-electron chi connectivity index (χ0n) is 15.4. The van der Waals surface area contributed by atoms with Crippen LogP contribution in [0.15, 0.2) is 52.9 Å². The number of halogens is 1. The first-order valence-corrected chi connectivity index (χ1v) is 11.1. The van der Waals surface area contributed by atoms with E-state index >= 15 is 0 Å². The fourth-order valence-electron chi connectivity index (χ4n) is 2.66. The van der Waals surface area contributed by atoms with Gasteiger partial charge in [-0.05, 0) is 30.5 Å². The van der Waals surface area contributed by atoms with Gasteiger partial charge >= 0.3 is 0 Å². The third kappa shape index (κ3) is 5.07. The van der Waals surface area contributed by atoms with Crippen molar-refractivity contribution in [3.05, 3.63) is 69.2 Å². The van der Waals surface area contributed by atoms with Crippen LogP contribution in [0, 0.1) is 10.1 Å². The van der Waals surface area contributed by atoms with Crippen LogP contribution < -0.4 is 10.6 Å². The molecule has 1 amide bonds. The van der Waals surface area contributed by atoms with Gasteiger partial charge in [0.2, 0.25) is 11.0 Å². The lowest BCUT2D eigenvalue weighted by Crippen LogP contribution is -2.19. The average molecular weight is 462 g/mol. The molecule has 0 saturated heterocycles. The van der Waals surface area contributed by atoms with E-state index in [0.717, 1.165) is 23.5 Å². The lowest BCUT2D eigenvalue weighted by molar-refractivity contribution is -0.384. The van der Waals surface area contributed by atoms with Crippen molar-refractivity contribution in [3.63, 3.8) is 0 Å². The number of nitro groups is 1. The molecule has 2 N–H and O–H groups in total. The number of carbonyl (C=O) groups excluding carboxylic acids is 1. The van der Waals surface area contributed by atoms with E-state index in [1.807, 2.05) is 30.3 Å². The number of aromatic nitrogens is 2. The smallest absolute Gasteiger partial charge is 0.289 e. The molecule has 30 heavy (non-hydrogen) atoms. The van der Waals surface area contributed by atoms with E-state index in [1.54, 1.807) is 0 Å². The molecule has 2 aromatic carbocycles. The summed E-state index contributed by atoms with van der Waals surface area (Å²) in [6, 6.07) is 13.9. The van der Waals surface area contributed by atoms with Crippen LogP contribution in [0.25, 0.3) is 0 Å². The van der Waals surface area contributed by atoms with Crippen LogP contribution in [0.3, 0.4) is 0 Å². The third-order valence-electron chi connectivity index (χ3n) is 4.28. The highest BCUT2D eigenvalue weighted by molar-refractivity contribution is 8.02. The Balaban J connectivity index is 1.55. The van der Waals surface area contributed by atoms with Crippen LogP contribution in [-0.2, 0) is 4.79 Å². The molecule has 1 saturated carbocycles. The predicted octanol–water partition coefficient (Wildman–Crippen LogP) is 5.15. The minimum atomic E-state index is -0.609. The summed E-state index contributed by atoms with van der Waals surface area (Å²) in [5.41, 5.74) is 0.819. The topological polar surface area (TPSA) is 110 Å². The van der Waals surface area contributed by atoms with Gasteiger partial charge in [-0.1, -0.05) is 65.0 Å². The predicted molar refractivity (Wildman–Crippen MR) is 118 cm³/mol. The van der Waals surface area contributed by atoms with Crippen LogP contribution in [0.2, 0.25) is 5.02 Å². The first kappa shape index (κ1) is 20.6. The van der Waals surface area contributed by atoms with Crippen molar-refractivity contribution in [1.82, 2.24) is 10.2 Å². The average Bonchev–Trinajstić information content (AvgIpc) is 3.44. The van der Waals surface area contributed by atoms with Gasteiger partial charge in [-0.3, -0.25) is 14.9 Å². The number of hydrogen-bond acceptors (Lipinski definition) is 8. The molecular formula is C19H16ClN5O3S2. The zero-order chi connectivity index (χ0) is 21.1. The van der Waals surface area contributed by atoms with Crippen molar-refractivity contribution in [2.75, 3.05) is 10.6 Å². The van der Waals surface area contributed by atoms with Crippen molar-refractivity contribution in [3.8, 4) is 0 Å². The molecule has 0 radical (unpaired) electrons. The van der Waals surface area contributed by atoms with Crippen molar-refractivity contribution in [2.24, 2.45) is 0 Å². The van der Waals surface area contributed by atoms with Gasteiger partial charge < -0.3 is 10.6 Å². The van der Waals surface area contributed by atoms with Crippen LogP contribution in [0.5, 0.6) is 0 Å². The first-order chi connectivity index (χ1) is 14.5. The Morgan fingerprint density at radius 3 is 2.70 bits per heavy atom. The van der Waals surface area contributed by atoms with Crippen molar-refractivity contribution < 1.29 is 9.72 Å². The number of nitrogens with zero attached hydrogens (tertiary/aromatic N) is 3. The van der Waals surface area contributed by atoms with Crippen LogP contribution in [0.4, 0.5) is 16.5 Å². The number of nitrogens with one attached hydrogen (secondary N) is 2. The lowest BCUT2D eigenvalue weighted by Gasteiger charge is -2.15. The zero-order valence-corrected chi connectivity index (χ0v) is 17.8. The molecule has 1 heterocycles. The Morgan fingerprint density at radius 1 is 1.23 bits per heavy atom. The molecule has 1 unspecified atom stereocenters. The molecule has 1 atom stereocenters. The van der Waals surface area contributed by atoms with Gasteiger partial charge in [0, 0.05) is 17.8 Å². The van der Waals surface area contributed by atoms with Crippen LogP contribution in [-0.4, -0.2) is 27.1 Å². The summed E-state index contributed by atoms with van der Waals surface area (Å²) in [6.07, 6.45) is 2.26. The molecule has 3 aromatic rings. The summed E-state index contributed by atoms with van der Waals surface area (Å²) in [6.45, 7) is 0. The van der Waals surface area contributed by atoms with Gasteiger partial charge in [0.05, 0.1) is 4.92 Å². The number of benzene rings is 2. The highest BCUT2D eigenvalue weighted by atomic mass is 35.5. The minimum Gasteiger partial charge on any atom is -0.357 e. The molecule has 1 aliphatic rings. The number of amides is 1. The maximum atomic E-state index is 13.1. The maximum absolute atomic E-state index is 13.1. The standard InChI is InChI=1S/C19H16ClN5O3S2/c20-14-9-8-13(10-15(14)25(27)28)21-17(26)16(11-4-2-1-3-5-11)29-19-24-23-18(30-19)22-12-6-7-12/h1-5,8-10,12,16H,6-7H2,(H,21,26)(H,22,23). The van der Waals surface area contributed by atoms with E-state index in [4.69, 9.17) is 11.6 Å². The summed E-state index contributed by atoms with van der Waals surface area (Å²) in [7, 11) is 0. The number of thioether (sulfide) groups is 1. The van der Waals surface area contributed by atoms with E-state index in [9.17, 15) is 14.9 Å². The Hall–Kier alpha value is -2.69. The number of nitro benzene ring substituents is 1. The van der Waals surface area contributed by atoms with E-state index < -0.39 is 10.2 Å². The maximum Gasteiger partial charge on any atom is 0.289 e. The van der Waals surface area contributed by atoms with E-state index in [1.165, 1.54) is 41.3 Å². The number of rotatable bonds is 8. The summed E-state index contributed by atoms with van der Waals surface area (Å²) in [5.74, 6) is -0.324. The Morgan fingerprint density at radius 2 is 2.00 bits per heavy atom. The van der Waals surface area contributed by atoms with Gasteiger partial charge in [0.25, 0.3) is 5.69 Å². The van der Waals surface area contributed by atoms with Gasteiger partial charge in [-0.2, -0.15) is 0 Å². The van der Waals surface area contributed by atoms with E-state index in [0.29, 0.717) is 16.1 Å². The van der Waals surface area contributed by atoms with Gasteiger partial charge in [0.1, 0.15) is 10.3 Å². The Bertz CT molecular complexity index is 1080. The molecule has 0 aliphatic heterocycles. The highest BCUT2D eigenvalue weighted by Gasteiger charge is 2.26. The van der Waals surface area contributed by atoms with Gasteiger partial charge in [-0.25, -0.2) is 0 Å². The summed E-state index contributed by atoms with van der Waals surface area (Å²) < 4.78 is 0.657. The van der Waals surface area contributed by atoms with E-state index in [-0.39, 0.29) is 16.6 Å². The van der Waals surface area contributed by atoms with Crippen molar-refractivity contribution in [2.45, 2.75) is 28.5 Å². The molecule has 8 nitrogen and oxygen atoms in total. The highest BCUT2D eigenvalue weighted by Crippen LogP contribution is 2.39. The normalized spacial score (nSPS) is 14.2. The molecule has 4 rings (SSSR count). The fourth-order valence-corrected chi connectivity index (χ4v) is 4.87. The van der Waals surface area contributed by atoms with Crippen molar-refractivity contribution >= 4 is 57.1 Å². The van der Waals surface area contributed by atoms with Crippen molar-refractivity contribution in [1.29, 1.82) is 0 Å². The summed E-state index contributed by atoms with van der Waals surface area (Å²) in [4.78, 5) is 23.6. The summed E-state index contributed by atoms with van der Waals surface area (Å²) in [5, 5.41) is 25.6. The number of hydrogen-bond donors (Lipinski definition) is 2. The monoisotopic (exact) mass is 461 g/mol. The third-order valence-corrected chi connectivity index (χ3v) is 6.79. The second-order valence-electron chi connectivity index (χ2n) is 6.61. The van der Waals surface area contributed by atoms with Crippen LogP contribution in [0.1, 0.15) is 23.7 Å². The van der Waals surface area contributed by atoms with Gasteiger partial charge in [0.15, 0.2) is 4.34 Å². The van der Waals surface area contributed by atoms with Gasteiger partial charge in [-0.15, -0.1) is 10.2 Å². The Labute approximate surface area is 185 Å². The summed E-state index contributed by atoms with van der Waals surface area (Å²) >= 11 is 8.54. The molecule has 1 aliphatic carbocycles. The number of anilines is 2. The molecule has 1 aromatic heterocycles. The molecule has 154 valence electrons. The molecule has 11 heteroatoms. The second-order valence-corrected chi connectivity index (χ2v) is 9.35. The SMILES string of the molecule is O=C(Nc1ccc(Cl)c([N+](=O)[O-])c1)C(Sc1nnc(NC2CC2)s1)c1ccccc1. The lowest BCUT2D eigenvalue weighted by atomic mass is 10.1.